The topological polar surface area (TPSA) is 72.2 Å². The van der Waals surface area contributed by atoms with Gasteiger partial charge >= 0.3 is 0 Å². The highest BCUT2D eigenvalue weighted by Crippen LogP contribution is 2.36. The van der Waals surface area contributed by atoms with Gasteiger partial charge in [0, 0.05) is 17.3 Å². The Hall–Kier alpha value is -0.300. The van der Waals surface area contributed by atoms with Crippen LogP contribution in [-0.2, 0) is 10.0 Å². The van der Waals surface area contributed by atoms with Gasteiger partial charge in [-0.1, -0.05) is 18.5 Å². The minimum atomic E-state index is -3.60. The SMILES string of the molecule is CC(CNS(=O)(=O)c1cc(Cl)cc(N)c1Br)C1CC1. The number of nitrogens with two attached hydrogens (primary N) is 1. The molecule has 1 aromatic carbocycles. The molecule has 0 amide bonds. The van der Waals surface area contributed by atoms with Crippen LogP contribution >= 0.6 is 27.5 Å². The fraction of sp³-hybridized carbons (Fsp3) is 0.500. The van der Waals surface area contributed by atoms with Gasteiger partial charge in [0.2, 0.25) is 10.0 Å². The van der Waals surface area contributed by atoms with Crippen molar-refractivity contribution < 1.29 is 8.42 Å². The van der Waals surface area contributed by atoms with Crippen molar-refractivity contribution in [1.29, 1.82) is 0 Å². The summed E-state index contributed by atoms with van der Waals surface area (Å²) in [6, 6.07) is 2.91. The average Bonchev–Trinajstić information content (AvgIpc) is 3.14. The number of sulfonamides is 1. The second-order valence-electron chi connectivity index (χ2n) is 4.97. The van der Waals surface area contributed by atoms with Crippen molar-refractivity contribution in [2.24, 2.45) is 11.8 Å². The van der Waals surface area contributed by atoms with E-state index in [1.54, 1.807) is 0 Å². The normalized spacial score (nSPS) is 17.4. The number of benzene rings is 1. The molecule has 7 heteroatoms. The average molecular weight is 368 g/mol. The molecule has 1 aromatic rings. The van der Waals surface area contributed by atoms with Crippen molar-refractivity contribution in [2.75, 3.05) is 12.3 Å². The van der Waals surface area contributed by atoms with Crippen molar-refractivity contribution in [3.8, 4) is 0 Å². The van der Waals surface area contributed by atoms with Crippen LogP contribution in [0.4, 0.5) is 5.69 Å². The largest absolute Gasteiger partial charge is 0.398 e. The lowest BCUT2D eigenvalue weighted by Crippen LogP contribution is -2.29. The summed E-state index contributed by atoms with van der Waals surface area (Å²) in [5.74, 6) is 1.00. The summed E-state index contributed by atoms with van der Waals surface area (Å²) in [5.41, 5.74) is 6.02. The molecule has 4 nitrogen and oxygen atoms in total. The molecule has 0 bridgehead atoms. The molecular weight excluding hydrogens is 352 g/mol. The molecule has 2 rings (SSSR count). The molecule has 19 heavy (non-hydrogen) atoms. The standard InChI is InChI=1S/C12H16BrClN2O2S/c1-7(8-2-3-8)6-16-19(17,18)11-5-9(14)4-10(15)12(11)13/h4-5,7-8,16H,2-3,6,15H2,1H3. The molecule has 106 valence electrons. The van der Waals surface area contributed by atoms with Crippen molar-refractivity contribution >= 4 is 43.2 Å². The summed E-state index contributed by atoms with van der Waals surface area (Å²) in [6.45, 7) is 2.49. The Morgan fingerprint density at radius 2 is 2.16 bits per heavy atom. The molecule has 1 unspecified atom stereocenters. The summed E-state index contributed by atoms with van der Waals surface area (Å²) in [6.07, 6.45) is 2.38. The molecule has 1 atom stereocenters. The van der Waals surface area contributed by atoms with Crippen LogP contribution < -0.4 is 10.5 Å². The number of nitrogens with one attached hydrogen (secondary N) is 1. The fourth-order valence-electron chi connectivity index (χ4n) is 1.93. The first-order valence-electron chi connectivity index (χ1n) is 6.05. The maximum atomic E-state index is 12.2. The molecule has 0 aromatic heterocycles. The number of nitrogen functional groups attached to an aromatic ring is 1. The van der Waals surface area contributed by atoms with Gasteiger partial charge in [0.15, 0.2) is 0 Å². The molecule has 0 aliphatic heterocycles. The van der Waals surface area contributed by atoms with Gasteiger partial charge < -0.3 is 5.73 Å². The lowest BCUT2D eigenvalue weighted by atomic mass is 10.1. The zero-order valence-corrected chi connectivity index (χ0v) is 13.6. The molecule has 3 N–H and O–H groups in total. The Kier molecular flexibility index (Phi) is 4.45. The first-order chi connectivity index (χ1) is 8.81. The molecule has 0 heterocycles. The van der Waals surface area contributed by atoms with Crippen molar-refractivity contribution in [1.82, 2.24) is 4.72 Å². The molecule has 1 fully saturated rings. The highest BCUT2D eigenvalue weighted by molar-refractivity contribution is 9.10. The summed E-state index contributed by atoms with van der Waals surface area (Å²) < 4.78 is 27.5. The second kappa shape index (κ2) is 5.60. The van der Waals surface area contributed by atoms with E-state index in [1.807, 2.05) is 0 Å². The number of rotatable bonds is 5. The molecule has 1 aliphatic rings. The van der Waals surface area contributed by atoms with Crippen LogP contribution in [0.3, 0.4) is 0 Å². The van der Waals surface area contributed by atoms with E-state index in [-0.39, 0.29) is 4.90 Å². The van der Waals surface area contributed by atoms with Gasteiger partial charge in [0.05, 0.1) is 9.37 Å². The van der Waals surface area contributed by atoms with Crippen molar-refractivity contribution in [3.05, 3.63) is 21.6 Å². The maximum absolute atomic E-state index is 12.2. The Balaban J connectivity index is 2.19. The summed E-state index contributed by atoms with van der Waals surface area (Å²) >= 11 is 9.05. The molecule has 0 spiro atoms. The summed E-state index contributed by atoms with van der Waals surface area (Å²) in [4.78, 5) is 0.0838. The minimum Gasteiger partial charge on any atom is -0.398 e. The van der Waals surface area contributed by atoms with E-state index in [0.29, 0.717) is 33.6 Å². The second-order valence-corrected chi connectivity index (χ2v) is 7.94. The number of hydrogen-bond donors (Lipinski definition) is 2. The lowest BCUT2D eigenvalue weighted by Gasteiger charge is -2.14. The predicted octanol–water partition coefficient (Wildman–Crippen LogP) is 3.01. The highest BCUT2D eigenvalue weighted by Gasteiger charge is 2.29. The van der Waals surface area contributed by atoms with E-state index in [4.69, 9.17) is 17.3 Å². The Morgan fingerprint density at radius 1 is 1.53 bits per heavy atom. The van der Waals surface area contributed by atoms with Gasteiger partial charge in [-0.25, -0.2) is 13.1 Å². The van der Waals surface area contributed by atoms with E-state index >= 15 is 0 Å². The van der Waals surface area contributed by atoms with Crippen LogP contribution in [0.25, 0.3) is 0 Å². The Morgan fingerprint density at radius 3 is 2.74 bits per heavy atom. The lowest BCUT2D eigenvalue weighted by molar-refractivity contribution is 0.491. The van der Waals surface area contributed by atoms with Crippen LogP contribution in [0, 0.1) is 11.8 Å². The third-order valence-corrected chi connectivity index (χ3v) is 6.16. The molecule has 0 saturated heterocycles. The van der Waals surface area contributed by atoms with Crippen molar-refractivity contribution in [2.45, 2.75) is 24.7 Å². The molecule has 1 saturated carbocycles. The smallest absolute Gasteiger partial charge is 0.241 e. The van der Waals surface area contributed by atoms with Crippen LogP contribution in [0.1, 0.15) is 19.8 Å². The monoisotopic (exact) mass is 366 g/mol. The van der Waals surface area contributed by atoms with Gasteiger partial charge in [0.25, 0.3) is 0 Å². The first kappa shape index (κ1) is 15.1. The molecule has 0 radical (unpaired) electrons. The van der Waals surface area contributed by atoms with E-state index in [0.717, 1.165) is 0 Å². The fourth-order valence-corrected chi connectivity index (χ4v) is 4.36. The van der Waals surface area contributed by atoms with Crippen LogP contribution in [0.2, 0.25) is 5.02 Å². The van der Waals surface area contributed by atoms with E-state index < -0.39 is 10.0 Å². The summed E-state index contributed by atoms with van der Waals surface area (Å²) in [7, 11) is -3.60. The summed E-state index contributed by atoms with van der Waals surface area (Å²) in [5, 5.41) is 0.302. The van der Waals surface area contributed by atoms with Gasteiger partial charge in [-0.15, -0.1) is 0 Å². The zero-order valence-electron chi connectivity index (χ0n) is 10.5. The number of anilines is 1. The Labute approximate surface area is 126 Å². The molecule has 1 aliphatic carbocycles. The molecular formula is C12H16BrClN2O2S. The predicted molar refractivity (Wildman–Crippen MR) is 80.6 cm³/mol. The third-order valence-electron chi connectivity index (χ3n) is 3.34. The Bertz CT molecular complexity index is 588. The van der Waals surface area contributed by atoms with Gasteiger partial charge in [-0.2, -0.15) is 0 Å². The highest BCUT2D eigenvalue weighted by atomic mass is 79.9. The minimum absolute atomic E-state index is 0.0838. The maximum Gasteiger partial charge on any atom is 0.241 e. The van der Waals surface area contributed by atoms with Gasteiger partial charge in [-0.3, -0.25) is 0 Å². The van der Waals surface area contributed by atoms with E-state index in [1.165, 1.54) is 25.0 Å². The van der Waals surface area contributed by atoms with Gasteiger partial charge in [-0.05, 0) is 52.7 Å². The van der Waals surface area contributed by atoms with Crippen LogP contribution in [-0.4, -0.2) is 15.0 Å². The quantitative estimate of drug-likeness (QED) is 0.786. The number of halogens is 2. The van der Waals surface area contributed by atoms with E-state index in [9.17, 15) is 8.42 Å². The number of hydrogen-bond acceptors (Lipinski definition) is 3. The van der Waals surface area contributed by atoms with Crippen molar-refractivity contribution in [3.63, 3.8) is 0 Å². The van der Waals surface area contributed by atoms with E-state index in [2.05, 4.69) is 27.6 Å². The third kappa shape index (κ3) is 3.62. The van der Waals surface area contributed by atoms with Crippen LogP contribution in [0.5, 0.6) is 0 Å². The van der Waals surface area contributed by atoms with Gasteiger partial charge in [0.1, 0.15) is 0 Å². The van der Waals surface area contributed by atoms with Crippen LogP contribution in [0.15, 0.2) is 21.5 Å². The zero-order chi connectivity index (χ0) is 14.2. The first-order valence-corrected chi connectivity index (χ1v) is 8.71.